The SMILES string of the molecule is CC1CC(C)C[NH+](CC(=O)Nc2ccc(S(N)(=O)=O)cc2)C1. The van der Waals surface area contributed by atoms with Crippen LogP contribution in [0.2, 0.25) is 0 Å². The molecule has 0 spiro atoms. The first-order chi connectivity index (χ1) is 10.2. The van der Waals surface area contributed by atoms with Crippen LogP contribution >= 0.6 is 0 Å². The molecule has 1 amide bonds. The minimum atomic E-state index is -3.70. The fraction of sp³-hybridized carbons (Fsp3) is 0.533. The van der Waals surface area contributed by atoms with Gasteiger partial charge >= 0.3 is 0 Å². The van der Waals surface area contributed by atoms with Crippen LogP contribution in [0.15, 0.2) is 29.2 Å². The van der Waals surface area contributed by atoms with Crippen molar-refractivity contribution in [1.29, 1.82) is 0 Å². The zero-order valence-corrected chi connectivity index (χ0v) is 13.8. The Labute approximate surface area is 131 Å². The molecule has 0 aliphatic carbocycles. The van der Waals surface area contributed by atoms with Gasteiger partial charge in [0.2, 0.25) is 10.0 Å². The van der Waals surface area contributed by atoms with Gasteiger partial charge in [0.1, 0.15) is 0 Å². The summed E-state index contributed by atoms with van der Waals surface area (Å²) in [5.74, 6) is 1.22. The minimum Gasteiger partial charge on any atom is -0.327 e. The Balaban J connectivity index is 1.92. The molecule has 1 aliphatic heterocycles. The van der Waals surface area contributed by atoms with Gasteiger partial charge in [-0.2, -0.15) is 0 Å². The predicted molar refractivity (Wildman–Crippen MR) is 85.0 cm³/mol. The van der Waals surface area contributed by atoms with Crippen LogP contribution < -0.4 is 15.4 Å². The van der Waals surface area contributed by atoms with Gasteiger partial charge < -0.3 is 10.2 Å². The van der Waals surface area contributed by atoms with Crippen LogP contribution in [-0.4, -0.2) is 34.0 Å². The summed E-state index contributed by atoms with van der Waals surface area (Å²) in [6.45, 7) is 6.91. The van der Waals surface area contributed by atoms with E-state index < -0.39 is 10.0 Å². The highest BCUT2D eigenvalue weighted by atomic mass is 32.2. The van der Waals surface area contributed by atoms with E-state index in [2.05, 4.69) is 19.2 Å². The molecule has 0 aromatic heterocycles. The van der Waals surface area contributed by atoms with E-state index in [0.29, 0.717) is 24.1 Å². The zero-order valence-electron chi connectivity index (χ0n) is 13.0. The highest BCUT2D eigenvalue weighted by Gasteiger charge is 2.26. The van der Waals surface area contributed by atoms with E-state index in [1.165, 1.54) is 23.5 Å². The average molecular weight is 326 g/mol. The lowest BCUT2D eigenvalue weighted by Crippen LogP contribution is -3.15. The molecule has 7 heteroatoms. The monoisotopic (exact) mass is 326 g/mol. The molecule has 1 aliphatic rings. The Morgan fingerprint density at radius 1 is 1.23 bits per heavy atom. The van der Waals surface area contributed by atoms with Gasteiger partial charge in [0.25, 0.3) is 5.91 Å². The number of amides is 1. The number of nitrogens with two attached hydrogens (primary N) is 1. The van der Waals surface area contributed by atoms with E-state index in [9.17, 15) is 13.2 Å². The van der Waals surface area contributed by atoms with Crippen LogP contribution in [0.4, 0.5) is 5.69 Å². The Hall–Kier alpha value is -1.44. The summed E-state index contributed by atoms with van der Waals surface area (Å²) in [5.41, 5.74) is 0.579. The number of quaternary nitrogens is 1. The average Bonchev–Trinajstić information content (AvgIpc) is 2.36. The third-order valence-electron chi connectivity index (χ3n) is 3.96. The lowest BCUT2D eigenvalue weighted by molar-refractivity contribution is -0.904. The predicted octanol–water partition coefficient (Wildman–Crippen LogP) is -0.167. The van der Waals surface area contributed by atoms with E-state index in [1.54, 1.807) is 12.1 Å². The van der Waals surface area contributed by atoms with Gasteiger partial charge in [-0.25, -0.2) is 13.6 Å². The smallest absolute Gasteiger partial charge is 0.279 e. The number of sulfonamides is 1. The second-order valence-electron chi connectivity index (χ2n) is 6.40. The topological polar surface area (TPSA) is 93.7 Å². The molecule has 4 N–H and O–H groups in total. The molecule has 1 fully saturated rings. The van der Waals surface area contributed by atoms with Crippen LogP contribution in [0, 0.1) is 11.8 Å². The second kappa shape index (κ2) is 6.76. The van der Waals surface area contributed by atoms with Gasteiger partial charge in [0.15, 0.2) is 6.54 Å². The van der Waals surface area contributed by atoms with Crippen molar-refractivity contribution < 1.29 is 18.1 Å². The summed E-state index contributed by atoms with van der Waals surface area (Å²) in [4.78, 5) is 13.4. The Morgan fingerprint density at radius 3 is 2.27 bits per heavy atom. The third kappa shape index (κ3) is 4.79. The van der Waals surface area contributed by atoms with Gasteiger partial charge in [-0.05, 0) is 30.7 Å². The number of anilines is 1. The maximum absolute atomic E-state index is 12.1. The summed E-state index contributed by atoms with van der Waals surface area (Å²) in [5, 5.41) is 7.84. The number of carbonyl (C=O) groups is 1. The maximum Gasteiger partial charge on any atom is 0.279 e. The summed E-state index contributed by atoms with van der Waals surface area (Å²) in [6, 6.07) is 5.88. The molecule has 0 bridgehead atoms. The molecule has 22 heavy (non-hydrogen) atoms. The van der Waals surface area contributed by atoms with E-state index in [4.69, 9.17) is 5.14 Å². The van der Waals surface area contributed by atoms with Crippen LogP contribution in [0.1, 0.15) is 20.3 Å². The molecule has 1 heterocycles. The largest absolute Gasteiger partial charge is 0.327 e. The summed E-state index contributed by atoms with van der Waals surface area (Å²) >= 11 is 0. The van der Waals surface area contributed by atoms with Crippen molar-refractivity contribution in [1.82, 2.24) is 0 Å². The number of likely N-dealkylation sites (tertiary alicyclic amines) is 1. The lowest BCUT2D eigenvalue weighted by atomic mass is 9.92. The summed E-state index contributed by atoms with van der Waals surface area (Å²) < 4.78 is 22.4. The van der Waals surface area contributed by atoms with Crippen LogP contribution in [0.25, 0.3) is 0 Å². The minimum absolute atomic E-state index is 0.0369. The Kier molecular flexibility index (Phi) is 5.20. The molecule has 1 saturated heterocycles. The standard InChI is InChI=1S/C15H23N3O3S/c1-11-7-12(2)9-18(8-11)10-15(19)17-13-3-5-14(6-4-13)22(16,20)21/h3-6,11-12H,7-10H2,1-2H3,(H,17,19)(H2,16,20,21)/p+1. The molecule has 1 aromatic carbocycles. The number of hydrogen-bond acceptors (Lipinski definition) is 3. The van der Waals surface area contributed by atoms with Gasteiger partial charge in [-0.15, -0.1) is 0 Å². The number of primary sulfonamides is 1. The van der Waals surface area contributed by atoms with Crippen molar-refractivity contribution >= 4 is 21.6 Å². The Morgan fingerprint density at radius 2 is 1.77 bits per heavy atom. The highest BCUT2D eigenvalue weighted by molar-refractivity contribution is 7.89. The molecule has 2 atom stereocenters. The van der Waals surface area contributed by atoms with Gasteiger partial charge in [-0.3, -0.25) is 4.79 Å². The molecular formula is C15H24N3O3S+. The molecule has 1 aromatic rings. The van der Waals surface area contributed by atoms with Gasteiger partial charge in [-0.1, -0.05) is 13.8 Å². The number of rotatable bonds is 4. The maximum atomic E-state index is 12.1. The molecular weight excluding hydrogens is 302 g/mol. The number of carbonyl (C=O) groups excluding carboxylic acids is 1. The fourth-order valence-electron chi connectivity index (χ4n) is 3.23. The number of benzene rings is 1. The van der Waals surface area contributed by atoms with Gasteiger partial charge in [0, 0.05) is 17.5 Å². The molecule has 2 unspecified atom stereocenters. The number of piperidine rings is 1. The molecule has 2 rings (SSSR count). The molecule has 6 nitrogen and oxygen atoms in total. The summed E-state index contributed by atoms with van der Waals surface area (Å²) in [7, 11) is -3.70. The third-order valence-corrected chi connectivity index (χ3v) is 4.89. The first-order valence-electron chi connectivity index (χ1n) is 7.50. The first kappa shape index (κ1) is 16.9. The van der Waals surface area contributed by atoms with Crippen molar-refractivity contribution in [3.05, 3.63) is 24.3 Å². The van der Waals surface area contributed by atoms with Crippen LogP contribution in [0.5, 0.6) is 0 Å². The lowest BCUT2D eigenvalue weighted by Gasteiger charge is -2.31. The first-order valence-corrected chi connectivity index (χ1v) is 9.05. The zero-order chi connectivity index (χ0) is 16.3. The molecule has 0 saturated carbocycles. The quantitative estimate of drug-likeness (QED) is 0.717. The van der Waals surface area contributed by atoms with Crippen LogP contribution in [-0.2, 0) is 14.8 Å². The van der Waals surface area contributed by atoms with E-state index in [-0.39, 0.29) is 10.8 Å². The number of hydrogen-bond donors (Lipinski definition) is 3. The van der Waals surface area contributed by atoms with Gasteiger partial charge in [0.05, 0.1) is 18.0 Å². The van der Waals surface area contributed by atoms with E-state index in [0.717, 1.165) is 13.1 Å². The van der Waals surface area contributed by atoms with Crippen molar-refractivity contribution in [2.75, 3.05) is 25.0 Å². The Bertz CT molecular complexity index is 618. The summed E-state index contributed by atoms with van der Waals surface area (Å²) in [6.07, 6.45) is 1.22. The van der Waals surface area contributed by atoms with Crippen molar-refractivity contribution in [2.45, 2.75) is 25.2 Å². The second-order valence-corrected chi connectivity index (χ2v) is 7.96. The normalized spacial score (nSPS) is 25.7. The highest BCUT2D eigenvalue weighted by Crippen LogP contribution is 2.13. The molecule has 122 valence electrons. The number of nitrogens with one attached hydrogen (secondary N) is 2. The van der Waals surface area contributed by atoms with E-state index in [1.807, 2.05) is 0 Å². The molecule has 0 radical (unpaired) electrons. The van der Waals surface area contributed by atoms with Crippen molar-refractivity contribution in [3.63, 3.8) is 0 Å². The fourth-order valence-corrected chi connectivity index (χ4v) is 3.74. The van der Waals surface area contributed by atoms with E-state index >= 15 is 0 Å². The van der Waals surface area contributed by atoms with Crippen LogP contribution in [0.3, 0.4) is 0 Å². The van der Waals surface area contributed by atoms with Crippen molar-refractivity contribution in [2.24, 2.45) is 17.0 Å². The van der Waals surface area contributed by atoms with Crippen molar-refractivity contribution in [3.8, 4) is 0 Å².